The number of morpholine rings is 1. The zero-order valence-electron chi connectivity index (χ0n) is 17.6. The number of rotatable bonds is 1. The number of hydrogen-bond acceptors (Lipinski definition) is 5. The first-order valence-corrected chi connectivity index (χ1v) is 10.5. The number of carbonyl (C=O) groups excluding carboxylic acids is 1. The molecule has 1 saturated heterocycles. The molecule has 0 radical (unpaired) electrons. The molecule has 152 valence electrons. The van der Waals surface area contributed by atoms with Gasteiger partial charge < -0.3 is 14.7 Å². The molecule has 1 aromatic rings. The Hall–Kier alpha value is -1.79. The van der Waals surface area contributed by atoms with Crippen molar-refractivity contribution < 1.29 is 14.6 Å². The number of carbonyl (C=O) groups is 1. The van der Waals surface area contributed by atoms with Crippen LogP contribution >= 0.6 is 11.8 Å². The molecule has 6 heteroatoms. The molecule has 0 atom stereocenters. The standard InChI is InChI=1S/C22H30N2O3S/c1-21(2,3)15-11-14(12-16(18(15)25)22(4,5)6)13-17-19(26)23-20(28-17)24-7-9-27-10-8-24/h11-13,25H,7-10H2,1-6H3. The second kappa shape index (κ2) is 7.56. The van der Waals surface area contributed by atoms with E-state index >= 15 is 0 Å². The van der Waals surface area contributed by atoms with Gasteiger partial charge in [0.25, 0.3) is 5.91 Å². The molecule has 0 aliphatic carbocycles. The van der Waals surface area contributed by atoms with Crippen LogP contribution in [0.15, 0.2) is 22.0 Å². The molecule has 1 amide bonds. The summed E-state index contributed by atoms with van der Waals surface area (Å²) >= 11 is 1.42. The first-order chi connectivity index (χ1) is 13.0. The van der Waals surface area contributed by atoms with Crippen LogP contribution in [0.4, 0.5) is 0 Å². The van der Waals surface area contributed by atoms with Gasteiger partial charge in [-0.25, -0.2) is 0 Å². The van der Waals surface area contributed by atoms with Crippen LogP contribution in [-0.2, 0) is 20.4 Å². The van der Waals surface area contributed by atoms with Crippen molar-refractivity contribution in [2.24, 2.45) is 4.99 Å². The maximum atomic E-state index is 12.5. The fourth-order valence-corrected chi connectivity index (χ4v) is 4.29. The van der Waals surface area contributed by atoms with E-state index in [0.29, 0.717) is 23.9 Å². The fourth-order valence-electron chi connectivity index (χ4n) is 3.32. The first kappa shape index (κ1) is 20.9. The van der Waals surface area contributed by atoms with E-state index in [9.17, 15) is 9.90 Å². The lowest BCUT2D eigenvalue weighted by Gasteiger charge is -2.28. The molecule has 0 aromatic heterocycles. The third kappa shape index (κ3) is 4.44. The molecule has 2 aliphatic heterocycles. The minimum absolute atomic E-state index is 0.200. The molecule has 1 aromatic carbocycles. The second-order valence-corrected chi connectivity index (χ2v) is 10.4. The number of aliphatic imine (C=N–C) groups is 1. The van der Waals surface area contributed by atoms with Crippen molar-refractivity contribution in [2.45, 2.75) is 52.4 Å². The number of benzene rings is 1. The summed E-state index contributed by atoms with van der Waals surface area (Å²) in [6.07, 6.45) is 1.90. The molecule has 3 rings (SSSR count). The molecule has 1 fully saturated rings. The highest BCUT2D eigenvalue weighted by atomic mass is 32.2. The molecule has 28 heavy (non-hydrogen) atoms. The zero-order chi connectivity index (χ0) is 20.7. The molecule has 0 bridgehead atoms. The normalized spacial score (nSPS) is 20.1. The Morgan fingerprint density at radius 2 is 1.61 bits per heavy atom. The summed E-state index contributed by atoms with van der Waals surface area (Å²) in [5.74, 6) is 0.145. The minimum Gasteiger partial charge on any atom is -0.507 e. The Morgan fingerprint density at radius 3 is 2.11 bits per heavy atom. The predicted molar refractivity (Wildman–Crippen MR) is 116 cm³/mol. The Morgan fingerprint density at radius 1 is 1.07 bits per heavy atom. The largest absolute Gasteiger partial charge is 0.507 e. The van der Waals surface area contributed by atoms with E-state index in [4.69, 9.17) is 4.74 Å². The van der Waals surface area contributed by atoms with Gasteiger partial charge in [0.2, 0.25) is 0 Å². The predicted octanol–water partition coefficient (Wildman–Crippen LogP) is 4.29. The highest BCUT2D eigenvalue weighted by Crippen LogP contribution is 2.41. The van der Waals surface area contributed by atoms with E-state index in [2.05, 4.69) is 51.4 Å². The van der Waals surface area contributed by atoms with Crippen LogP contribution in [0.2, 0.25) is 0 Å². The molecule has 1 N–H and O–H groups in total. The van der Waals surface area contributed by atoms with Gasteiger partial charge in [-0.2, -0.15) is 4.99 Å². The van der Waals surface area contributed by atoms with E-state index in [0.717, 1.165) is 34.9 Å². The molecule has 0 unspecified atom stereocenters. The molecule has 0 spiro atoms. The van der Waals surface area contributed by atoms with Gasteiger partial charge in [-0.3, -0.25) is 4.79 Å². The molecular formula is C22H30N2O3S. The van der Waals surface area contributed by atoms with Crippen LogP contribution in [0.1, 0.15) is 58.2 Å². The minimum atomic E-state index is -0.207. The Kier molecular flexibility index (Phi) is 5.65. The SMILES string of the molecule is CC(C)(C)c1cc(C=C2SC(N3CCOCC3)=NC2=O)cc(C(C)(C)C)c1O. The van der Waals surface area contributed by atoms with Gasteiger partial charge in [0.05, 0.1) is 18.1 Å². The summed E-state index contributed by atoms with van der Waals surface area (Å²) < 4.78 is 5.38. The van der Waals surface area contributed by atoms with Gasteiger partial charge in [0.15, 0.2) is 5.17 Å². The maximum Gasteiger partial charge on any atom is 0.286 e. The molecular weight excluding hydrogens is 372 g/mol. The van der Waals surface area contributed by atoms with Gasteiger partial charge in [-0.15, -0.1) is 0 Å². The average Bonchev–Trinajstić information content (AvgIpc) is 2.96. The quantitative estimate of drug-likeness (QED) is 0.710. The number of thioether (sulfide) groups is 1. The maximum absolute atomic E-state index is 12.5. The number of phenols is 1. The number of hydrogen-bond donors (Lipinski definition) is 1. The average molecular weight is 403 g/mol. The first-order valence-electron chi connectivity index (χ1n) is 9.70. The molecule has 2 aliphatic rings. The van der Waals surface area contributed by atoms with Gasteiger partial charge >= 0.3 is 0 Å². The van der Waals surface area contributed by atoms with Crippen molar-refractivity contribution in [3.63, 3.8) is 0 Å². The highest BCUT2D eigenvalue weighted by Gasteiger charge is 2.29. The monoisotopic (exact) mass is 402 g/mol. The van der Waals surface area contributed by atoms with E-state index in [1.165, 1.54) is 11.8 Å². The summed E-state index contributed by atoms with van der Waals surface area (Å²) in [6.45, 7) is 15.3. The second-order valence-electron chi connectivity index (χ2n) is 9.37. The van der Waals surface area contributed by atoms with Crippen LogP contribution < -0.4 is 0 Å². The van der Waals surface area contributed by atoms with Gasteiger partial charge in [0.1, 0.15) is 5.75 Å². The highest BCUT2D eigenvalue weighted by molar-refractivity contribution is 8.18. The molecule has 5 nitrogen and oxygen atoms in total. The lowest BCUT2D eigenvalue weighted by molar-refractivity contribution is -0.113. The third-order valence-electron chi connectivity index (χ3n) is 4.94. The van der Waals surface area contributed by atoms with Crippen LogP contribution in [0.25, 0.3) is 6.08 Å². The van der Waals surface area contributed by atoms with Crippen molar-refractivity contribution in [2.75, 3.05) is 26.3 Å². The van der Waals surface area contributed by atoms with Crippen molar-refractivity contribution in [1.82, 2.24) is 4.90 Å². The summed E-state index contributed by atoms with van der Waals surface area (Å²) in [5.41, 5.74) is 2.27. The topological polar surface area (TPSA) is 62.1 Å². The number of phenolic OH excluding ortho intramolecular Hbond substituents is 1. The number of nitrogens with zero attached hydrogens (tertiary/aromatic N) is 2. The van der Waals surface area contributed by atoms with Gasteiger partial charge in [-0.05, 0) is 46.4 Å². The van der Waals surface area contributed by atoms with Crippen molar-refractivity contribution in [1.29, 1.82) is 0 Å². The lowest BCUT2D eigenvalue weighted by atomic mass is 9.78. The number of ether oxygens (including phenoxy) is 1. The zero-order valence-corrected chi connectivity index (χ0v) is 18.4. The Labute approximate surface area is 171 Å². The smallest absolute Gasteiger partial charge is 0.286 e. The van der Waals surface area contributed by atoms with Crippen LogP contribution in [-0.4, -0.2) is 47.4 Å². The number of amides is 1. The van der Waals surface area contributed by atoms with E-state index in [1.807, 2.05) is 18.2 Å². The number of amidine groups is 1. The third-order valence-corrected chi connectivity index (χ3v) is 5.98. The van der Waals surface area contributed by atoms with Crippen molar-refractivity contribution in [3.8, 4) is 5.75 Å². The summed E-state index contributed by atoms with van der Waals surface area (Å²) in [7, 11) is 0. The molecule has 0 saturated carbocycles. The van der Waals surface area contributed by atoms with Crippen LogP contribution in [0.3, 0.4) is 0 Å². The summed E-state index contributed by atoms with van der Waals surface area (Å²) in [6, 6.07) is 3.97. The van der Waals surface area contributed by atoms with E-state index in [1.54, 1.807) is 0 Å². The van der Waals surface area contributed by atoms with Gasteiger partial charge in [-0.1, -0.05) is 41.5 Å². The van der Waals surface area contributed by atoms with Crippen LogP contribution in [0, 0.1) is 0 Å². The Balaban J connectivity index is 1.97. The fraction of sp³-hybridized carbons (Fsp3) is 0.545. The van der Waals surface area contributed by atoms with E-state index < -0.39 is 0 Å². The summed E-state index contributed by atoms with van der Waals surface area (Å²) in [4.78, 5) is 19.4. The molecule has 2 heterocycles. The van der Waals surface area contributed by atoms with Gasteiger partial charge in [0, 0.05) is 24.2 Å². The van der Waals surface area contributed by atoms with Crippen molar-refractivity contribution in [3.05, 3.63) is 33.7 Å². The van der Waals surface area contributed by atoms with Crippen molar-refractivity contribution >= 4 is 28.9 Å². The Bertz CT molecular complexity index is 803. The van der Waals surface area contributed by atoms with Crippen LogP contribution in [0.5, 0.6) is 5.75 Å². The van der Waals surface area contributed by atoms with E-state index in [-0.39, 0.29) is 16.7 Å². The number of aromatic hydroxyl groups is 1. The lowest BCUT2D eigenvalue weighted by Crippen LogP contribution is -2.38. The summed E-state index contributed by atoms with van der Waals surface area (Å²) in [5, 5.41) is 11.6.